The number of ketones is 1. The normalized spacial score (nSPS) is 26.3. The van der Waals surface area contributed by atoms with Crippen molar-refractivity contribution in [3.63, 3.8) is 0 Å². The minimum absolute atomic E-state index is 0.00593. The Hall–Kier alpha value is -3.83. The van der Waals surface area contributed by atoms with E-state index in [0.29, 0.717) is 36.9 Å². The van der Waals surface area contributed by atoms with Crippen molar-refractivity contribution in [3.05, 3.63) is 142 Å². The Bertz CT molecular complexity index is 1770. The monoisotopic (exact) mass is 625 g/mol. The molecule has 3 aliphatic carbocycles. The minimum atomic E-state index is -0.907. The van der Waals surface area contributed by atoms with Gasteiger partial charge in [-0.1, -0.05) is 110 Å². The van der Waals surface area contributed by atoms with Crippen molar-refractivity contribution >= 4 is 5.78 Å². The van der Waals surface area contributed by atoms with Crippen LogP contribution < -0.4 is 0 Å². The highest BCUT2D eigenvalue weighted by atomic mass is 16.3. The standard InChI is InChI=1S/C43H47NO3/c1-30-11-10-23-42(2)40(22-24-43(42,47)29-44-27-33-14-6-7-15-34(33)28-44)37-21-19-31(25-35(45)20-18-30)26-39(37)41(46)38-17-9-8-16-36(38)32-12-4-3-5-13-32/h3-9,11-17,19,21,26,35,40,45,47H,10,18,20,22-25,27-29H2,1-2H3. The topological polar surface area (TPSA) is 60.8 Å². The van der Waals surface area contributed by atoms with Crippen LogP contribution in [0.3, 0.4) is 0 Å². The number of β-amino-alcohol motifs (C(OH)–C–C–N with tert-alkyl or cyclic N) is 1. The van der Waals surface area contributed by atoms with Crippen molar-refractivity contribution in [1.82, 2.24) is 4.90 Å². The maximum Gasteiger partial charge on any atom is 0.193 e. The smallest absolute Gasteiger partial charge is 0.193 e. The van der Waals surface area contributed by atoms with Gasteiger partial charge in [-0.25, -0.2) is 0 Å². The first-order valence-electron chi connectivity index (χ1n) is 17.4. The molecule has 0 spiro atoms. The highest BCUT2D eigenvalue weighted by molar-refractivity contribution is 6.13. The molecule has 0 radical (unpaired) electrons. The van der Waals surface area contributed by atoms with E-state index in [1.54, 1.807) is 0 Å². The number of carbonyl (C=O) groups excluding carboxylic acids is 1. The second-order valence-electron chi connectivity index (χ2n) is 14.6. The number of rotatable bonds is 5. The number of nitrogens with zero attached hydrogens (tertiary/aromatic N) is 1. The fraction of sp³-hybridized carbons (Fsp3) is 0.372. The van der Waals surface area contributed by atoms with E-state index in [1.165, 1.54) is 16.7 Å². The minimum Gasteiger partial charge on any atom is -0.393 e. The Morgan fingerprint density at radius 3 is 2.32 bits per heavy atom. The van der Waals surface area contributed by atoms with Crippen molar-refractivity contribution in [2.45, 2.75) is 89.5 Å². The number of hydrogen-bond acceptors (Lipinski definition) is 4. The molecular formula is C43H47NO3. The van der Waals surface area contributed by atoms with Gasteiger partial charge >= 0.3 is 0 Å². The van der Waals surface area contributed by atoms with Crippen molar-refractivity contribution in [1.29, 1.82) is 0 Å². The maximum atomic E-state index is 14.8. The zero-order valence-electron chi connectivity index (χ0n) is 27.8. The number of fused-ring (bicyclic) bond motifs is 9. The molecule has 2 N–H and O–H groups in total. The van der Waals surface area contributed by atoms with E-state index in [4.69, 9.17) is 0 Å². The molecule has 1 fully saturated rings. The molecule has 242 valence electrons. The SMILES string of the molecule is CC1=CCCC2(C)C(CCC2(O)CN2Cc3ccccc3C2)c2ccc(cc2C(=O)c2ccccc2-c2ccccc2)CC(O)CC1. The van der Waals surface area contributed by atoms with Gasteiger partial charge in [0.25, 0.3) is 0 Å². The molecule has 4 nitrogen and oxygen atoms in total. The maximum absolute atomic E-state index is 14.8. The van der Waals surface area contributed by atoms with Crippen LogP contribution in [0, 0.1) is 5.41 Å². The highest BCUT2D eigenvalue weighted by Gasteiger charge is 2.57. The van der Waals surface area contributed by atoms with E-state index in [9.17, 15) is 15.0 Å². The van der Waals surface area contributed by atoms with E-state index in [2.05, 4.69) is 73.4 Å². The summed E-state index contributed by atoms with van der Waals surface area (Å²) in [4.78, 5) is 17.2. The molecule has 4 unspecified atom stereocenters. The average molecular weight is 626 g/mol. The fourth-order valence-electron chi connectivity index (χ4n) is 8.78. The summed E-state index contributed by atoms with van der Waals surface area (Å²) >= 11 is 0. The Morgan fingerprint density at radius 2 is 1.55 bits per heavy atom. The van der Waals surface area contributed by atoms with Gasteiger partial charge in [-0.2, -0.15) is 0 Å². The molecule has 4 aromatic carbocycles. The van der Waals surface area contributed by atoms with E-state index >= 15 is 0 Å². The van der Waals surface area contributed by atoms with Crippen molar-refractivity contribution in [2.75, 3.05) is 6.54 Å². The lowest BCUT2D eigenvalue weighted by molar-refractivity contribution is -0.0845. The van der Waals surface area contributed by atoms with Crippen LogP contribution in [0.5, 0.6) is 0 Å². The third kappa shape index (κ3) is 6.15. The molecule has 0 saturated heterocycles. The summed E-state index contributed by atoms with van der Waals surface area (Å²) in [7, 11) is 0. The lowest BCUT2D eigenvalue weighted by Gasteiger charge is -2.45. The molecule has 8 rings (SSSR count). The summed E-state index contributed by atoms with van der Waals surface area (Å²) in [5.41, 5.74) is 7.96. The van der Waals surface area contributed by atoms with Crippen molar-refractivity contribution in [2.24, 2.45) is 5.41 Å². The Balaban J connectivity index is 1.31. The molecule has 1 saturated carbocycles. The molecule has 4 atom stereocenters. The number of benzene rings is 4. The van der Waals surface area contributed by atoms with Gasteiger partial charge in [-0.15, -0.1) is 0 Å². The van der Waals surface area contributed by atoms with Crippen LogP contribution in [0.25, 0.3) is 11.1 Å². The summed E-state index contributed by atoms with van der Waals surface area (Å²) in [6.07, 6.45) is 7.07. The first kappa shape index (κ1) is 31.8. The highest BCUT2D eigenvalue weighted by Crippen LogP contribution is 2.59. The Morgan fingerprint density at radius 1 is 0.851 bits per heavy atom. The molecule has 4 aromatic rings. The Labute approximate surface area is 279 Å². The molecule has 4 aliphatic rings. The van der Waals surface area contributed by atoms with Crippen LogP contribution in [0.4, 0.5) is 0 Å². The number of allylic oxidation sites excluding steroid dienone is 2. The summed E-state index contributed by atoms with van der Waals surface area (Å²) < 4.78 is 0. The second-order valence-corrected chi connectivity index (χ2v) is 14.6. The quantitative estimate of drug-likeness (QED) is 0.172. The lowest BCUT2D eigenvalue weighted by atomic mass is 9.64. The van der Waals surface area contributed by atoms with E-state index in [1.807, 2.05) is 48.5 Å². The zero-order valence-corrected chi connectivity index (χ0v) is 27.8. The van der Waals surface area contributed by atoms with E-state index in [0.717, 1.165) is 61.0 Å². The second kappa shape index (κ2) is 13.0. The van der Waals surface area contributed by atoms with E-state index < -0.39 is 17.1 Å². The van der Waals surface area contributed by atoms with Crippen LogP contribution in [-0.4, -0.2) is 39.1 Å². The summed E-state index contributed by atoms with van der Waals surface area (Å²) in [5, 5.41) is 23.8. The largest absolute Gasteiger partial charge is 0.393 e. The molecule has 1 heterocycles. The van der Waals surface area contributed by atoms with Gasteiger partial charge in [0.05, 0.1) is 11.7 Å². The molecule has 0 aromatic heterocycles. The van der Waals surface area contributed by atoms with Gasteiger partial charge in [0, 0.05) is 36.2 Å². The number of aliphatic hydroxyl groups is 2. The predicted octanol–water partition coefficient (Wildman–Crippen LogP) is 8.64. The van der Waals surface area contributed by atoms with Gasteiger partial charge in [0.2, 0.25) is 0 Å². The van der Waals surface area contributed by atoms with Crippen molar-refractivity contribution in [3.8, 4) is 11.1 Å². The molecule has 1 aliphatic heterocycles. The molecule has 47 heavy (non-hydrogen) atoms. The zero-order chi connectivity index (χ0) is 32.6. The number of carbonyl (C=O) groups is 1. The van der Waals surface area contributed by atoms with Crippen molar-refractivity contribution < 1.29 is 15.0 Å². The van der Waals surface area contributed by atoms with Gasteiger partial charge in [0.1, 0.15) is 0 Å². The van der Waals surface area contributed by atoms with Gasteiger partial charge in [-0.05, 0) is 97.2 Å². The molecule has 2 bridgehead atoms. The third-order valence-electron chi connectivity index (χ3n) is 11.6. The van der Waals surface area contributed by atoms with Crippen LogP contribution in [0.1, 0.15) is 96.5 Å². The molecular weight excluding hydrogens is 578 g/mol. The van der Waals surface area contributed by atoms with Crippen LogP contribution in [0.15, 0.2) is 109 Å². The van der Waals surface area contributed by atoms with E-state index in [-0.39, 0.29) is 11.7 Å². The van der Waals surface area contributed by atoms with Gasteiger partial charge in [-0.3, -0.25) is 9.69 Å². The first-order valence-corrected chi connectivity index (χ1v) is 17.4. The summed E-state index contributed by atoms with van der Waals surface area (Å²) in [6.45, 7) is 6.77. The average Bonchev–Trinajstić information content (AvgIpc) is 3.60. The fourth-order valence-corrected chi connectivity index (χ4v) is 8.78. The van der Waals surface area contributed by atoms with Gasteiger partial charge in [0.15, 0.2) is 5.78 Å². The summed E-state index contributed by atoms with van der Waals surface area (Å²) in [5.74, 6) is 0.0161. The molecule has 4 heteroatoms. The summed E-state index contributed by atoms with van der Waals surface area (Å²) in [6, 6.07) is 33.0. The molecule has 0 amide bonds. The third-order valence-corrected chi connectivity index (χ3v) is 11.6. The number of hydrogen-bond donors (Lipinski definition) is 2. The Kier molecular flexibility index (Phi) is 8.78. The number of aliphatic hydroxyl groups excluding tert-OH is 1. The van der Waals surface area contributed by atoms with Gasteiger partial charge < -0.3 is 10.2 Å². The first-order chi connectivity index (χ1) is 22.7. The van der Waals surface area contributed by atoms with Crippen LogP contribution >= 0.6 is 0 Å². The lowest BCUT2D eigenvalue weighted by Crippen LogP contribution is -2.51. The van der Waals surface area contributed by atoms with Crippen LogP contribution in [-0.2, 0) is 19.5 Å². The predicted molar refractivity (Wildman–Crippen MR) is 189 cm³/mol. The van der Waals surface area contributed by atoms with Crippen LogP contribution in [0.2, 0.25) is 0 Å².